The molecule has 0 N–H and O–H groups in total. The summed E-state index contributed by atoms with van der Waals surface area (Å²) < 4.78 is 45.0. The number of ether oxygens (including phenoxy) is 1. The number of hydrogen-bond acceptors (Lipinski definition) is 3. The highest BCUT2D eigenvalue weighted by Crippen LogP contribution is 2.34. The fourth-order valence-electron chi connectivity index (χ4n) is 1.43. The topological polar surface area (TPSA) is 39.4 Å². The highest BCUT2D eigenvalue weighted by atomic mass is 35.5. The van der Waals surface area contributed by atoms with E-state index in [1.807, 2.05) is 0 Å². The van der Waals surface area contributed by atoms with Crippen molar-refractivity contribution in [3.8, 4) is 17.1 Å². The molecule has 3 nitrogen and oxygen atoms in total. The van der Waals surface area contributed by atoms with Crippen LogP contribution in [0, 0.1) is 0 Å². The summed E-state index contributed by atoms with van der Waals surface area (Å²) in [7, 11) is 0. The van der Waals surface area contributed by atoms with E-state index in [-0.39, 0.29) is 10.8 Å². The standard InChI is InChI=1S/C12H6ClF3O3/c13-9-5-7(10-4-2-8(6-17)18-10)1-3-11(9)19-12(14,15)16/h1-6H. The molecule has 0 aliphatic carbocycles. The first kappa shape index (κ1) is 13.5. The molecule has 2 aromatic rings. The van der Waals surface area contributed by atoms with E-state index in [1.54, 1.807) is 0 Å². The van der Waals surface area contributed by atoms with Crippen LogP contribution in [0.2, 0.25) is 5.02 Å². The number of furan rings is 1. The Bertz CT molecular complexity index is 605. The molecule has 1 heterocycles. The Morgan fingerprint density at radius 3 is 2.47 bits per heavy atom. The Labute approximate surface area is 110 Å². The number of halogens is 4. The summed E-state index contributed by atoms with van der Waals surface area (Å²) in [5.74, 6) is -0.0654. The van der Waals surface area contributed by atoms with Gasteiger partial charge in [0.15, 0.2) is 12.0 Å². The van der Waals surface area contributed by atoms with Crippen molar-refractivity contribution in [2.24, 2.45) is 0 Å². The number of rotatable bonds is 3. The second-order valence-electron chi connectivity index (χ2n) is 3.51. The largest absolute Gasteiger partial charge is 0.573 e. The first-order valence-electron chi connectivity index (χ1n) is 5.00. The fraction of sp³-hybridized carbons (Fsp3) is 0.0833. The van der Waals surface area contributed by atoms with E-state index >= 15 is 0 Å². The predicted octanol–water partition coefficient (Wildman–Crippen LogP) is 4.31. The highest BCUT2D eigenvalue weighted by molar-refractivity contribution is 6.32. The molecule has 2 rings (SSSR count). The van der Waals surface area contributed by atoms with Gasteiger partial charge in [0.05, 0.1) is 5.02 Å². The molecule has 0 radical (unpaired) electrons. The van der Waals surface area contributed by atoms with Crippen LogP contribution in [-0.4, -0.2) is 12.6 Å². The molecule has 1 aromatic heterocycles. The van der Waals surface area contributed by atoms with Gasteiger partial charge in [-0.15, -0.1) is 13.2 Å². The van der Waals surface area contributed by atoms with Gasteiger partial charge in [-0.1, -0.05) is 11.6 Å². The molecular weight excluding hydrogens is 285 g/mol. The predicted molar refractivity (Wildman–Crippen MR) is 61.2 cm³/mol. The van der Waals surface area contributed by atoms with Gasteiger partial charge in [-0.3, -0.25) is 4.79 Å². The summed E-state index contributed by atoms with van der Waals surface area (Å²) >= 11 is 5.69. The minimum absolute atomic E-state index is 0.113. The van der Waals surface area contributed by atoms with E-state index in [0.29, 0.717) is 17.6 Å². The molecule has 0 aliphatic rings. The minimum atomic E-state index is -4.81. The van der Waals surface area contributed by atoms with E-state index in [0.717, 1.165) is 6.07 Å². The van der Waals surface area contributed by atoms with E-state index in [9.17, 15) is 18.0 Å². The van der Waals surface area contributed by atoms with Gasteiger partial charge in [-0.2, -0.15) is 0 Å². The van der Waals surface area contributed by atoms with Crippen molar-refractivity contribution in [1.29, 1.82) is 0 Å². The summed E-state index contributed by atoms with van der Waals surface area (Å²) in [4.78, 5) is 10.5. The number of carbonyl (C=O) groups is 1. The molecule has 0 spiro atoms. The van der Waals surface area contributed by atoms with Gasteiger partial charge in [-0.05, 0) is 30.3 Å². The number of carbonyl (C=O) groups excluding carboxylic acids is 1. The maximum atomic E-state index is 12.1. The fourth-order valence-corrected chi connectivity index (χ4v) is 1.65. The van der Waals surface area contributed by atoms with Crippen molar-refractivity contribution in [2.45, 2.75) is 6.36 Å². The normalized spacial score (nSPS) is 11.4. The average Bonchev–Trinajstić information content (AvgIpc) is 2.79. The molecule has 7 heteroatoms. The third-order valence-corrected chi connectivity index (χ3v) is 2.48. The Kier molecular flexibility index (Phi) is 3.53. The van der Waals surface area contributed by atoms with Crippen LogP contribution >= 0.6 is 11.6 Å². The summed E-state index contributed by atoms with van der Waals surface area (Å²) in [5, 5.41) is -0.209. The molecule has 0 aliphatic heterocycles. The van der Waals surface area contributed by atoms with Crippen LogP contribution in [0.4, 0.5) is 13.2 Å². The second kappa shape index (κ2) is 4.97. The second-order valence-corrected chi connectivity index (χ2v) is 3.92. The van der Waals surface area contributed by atoms with Crippen LogP contribution in [0.5, 0.6) is 5.75 Å². The van der Waals surface area contributed by atoms with Gasteiger partial charge in [0.2, 0.25) is 0 Å². The van der Waals surface area contributed by atoms with Crippen LogP contribution in [-0.2, 0) is 0 Å². The smallest absolute Gasteiger partial charge is 0.453 e. The molecule has 19 heavy (non-hydrogen) atoms. The van der Waals surface area contributed by atoms with Crippen LogP contribution < -0.4 is 4.74 Å². The van der Waals surface area contributed by atoms with Gasteiger partial charge >= 0.3 is 6.36 Å². The van der Waals surface area contributed by atoms with Gasteiger partial charge < -0.3 is 9.15 Å². The third kappa shape index (κ3) is 3.29. The first-order chi connectivity index (χ1) is 8.89. The lowest BCUT2D eigenvalue weighted by Crippen LogP contribution is -2.17. The number of benzene rings is 1. The number of alkyl halides is 3. The lowest BCUT2D eigenvalue weighted by molar-refractivity contribution is -0.274. The zero-order chi connectivity index (χ0) is 14.0. The first-order valence-corrected chi connectivity index (χ1v) is 5.37. The van der Waals surface area contributed by atoms with Crippen molar-refractivity contribution in [3.05, 3.63) is 41.1 Å². The van der Waals surface area contributed by atoms with Crippen LogP contribution in [0.3, 0.4) is 0 Å². The van der Waals surface area contributed by atoms with Crippen LogP contribution in [0.25, 0.3) is 11.3 Å². The molecule has 0 atom stereocenters. The molecule has 100 valence electrons. The lowest BCUT2D eigenvalue weighted by Gasteiger charge is -2.10. The van der Waals surface area contributed by atoms with Crippen LogP contribution in [0.15, 0.2) is 34.7 Å². The molecule has 1 aromatic carbocycles. The summed E-state index contributed by atoms with van der Waals surface area (Å²) in [6, 6.07) is 6.64. The molecule has 0 saturated heterocycles. The van der Waals surface area contributed by atoms with Crippen LogP contribution in [0.1, 0.15) is 10.6 Å². The molecule has 0 fully saturated rings. The van der Waals surface area contributed by atoms with Gasteiger partial charge in [0.1, 0.15) is 11.5 Å². The molecule has 0 amide bonds. The maximum absolute atomic E-state index is 12.1. The van der Waals surface area contributed by atoms with E-state index < -0.39 is 12.1 Å². The molecule has 0 saturated carbocycles. The van der Waals surface area contributed by atoms with Crippen molar-refractivity contribution in [1.82, 2.24) is 0 Å². The number of aldehydes is 1. The lowest BCUT2D eigenvalue weighted by atomic mass is 10.2. The van der Waals surface area contributed by atoms with Crippen molar-refractivity contribution in [2.75, 3.05) is 0 Å². The quantitative estimate of drug-likeness (QED) is 0.791. The van der Waals surface area contributed by atoms with E-state index in [1.165, 1.54) is 24.3 Å². The summed E-state index contributed by atoms with van der Waals surface area (Å²) in [5.41, 5.74) is 0.438. The van der Waals surface area contributed by atoms with Gasteiger partial charge in [-0.25, -0.2) is 0 Å². The van der Waals surface area contributed by atoms with Crippen molar-refractivity contribution < 1.29 is 27.1 Å². The van der Waals surface area contributed by atoms with Crippen molar-refractivity contribution in [3.63, 3.8) is 0 Å². The third-order valence-electron chi connectivity index (χ3n) is 2.19. The van der Waals surface area contributed by atoms with Crippen molar-refractivity contribution >= 4 is 17.9 Å². The molecule has 0 bridgehead atoms. The SMILES string of the molecule is O=Cc1ccc(-c2ccc(OC(F)(F)F)c(Cl)c2)o1. The average molecular weight is 291 g/mol. The zero-order valence-corrected chi connectivity index (χ0v) is 9.96. The summed E-state index contributed by atoms with van der Waals surface area (Å²) in [6.07, 6.45) is -4.28. The molecular formula is C12H6ClF3O3. The van der Waals surface area contributed by atoms with Gasteiger partial charge in [0, 0.05) is 5.56 Å². The Morgan fingerprint density at radius 1 is 1.21 bits per heavy atom. The molecule has 0 unspecified atom stereocenters. The highest BCUT2D eigenvalue weighted by Gasteiger charge is 2.32. The van der Waals surface area contributed by atoms with Gasteiger partial charge in [0.25, 0.3) is 0 Å². The Hall–Kier alpha value is -1.95. The monoisotopic (exact) mass is 290 g/mol. The summed E-state index contributed by atoms with van der Waals surface area (Å²) in [6.45, 7) is 0. The minimum Gasteiger partial charge on any atom is -0.453 e. The number of hydrogen-bond donors (Lipinski definition) is 0. The Balaban J connectivity index is 2.30. The maximum Gasteiger partial charge on any atom is 0.573 e. The van der Waals surface area contributed by atoms with E-state index in [2.05, 4.69) is 4.74 Å². The van der Waals surface area contributed by atoms with E-state index in [4.69, 9.17) is 16.0 Å². The Morgan fingerprint density at radius 2 is 1.95 bits per heavy atom. The zero-order valence-electron chi connectivity index (χ0n) is 9.20.